The van der Waals surface area contributed by atoms with Crippen LogP contribution in [0.3, 0.4) is 0 Å². The van der Waals surface area contributed by atoms with Gasteiger partial charge < -0.3 is 14.4 Å². The second-order valence-electron chi connectivity index (χ2n) is 4.39. The van der Waals surface area contributed by atoms with Crippen molar-refractivity contribution >= 4 is 17.7 Å². The summed E-state index contributed by atoms with van der Waals surface area (Å²) in [6, 6.07) is 0.278. The van der Waals surface area contributed by atoms with Gasteiger partial charge in [0.1, 0.15) is 6.33 Å². The molecule has 1 aromatic heterocycles. The van der Waals surface area contributed by atoms with Crippen molar-refractivity contribution < 1.29 is 14.6 Å². The molecule has 0 spiro atoms. The second kappa shape index (κ2) is 6.19. The van der Waals surface area contributed by atoms with Gasteiger partial charge in [-0.25, -0.2) is 0 Å². The van der Waals surface area contributed by atoms with Crippen LogP contribution in [-0.4, -0.2) is 44.8 Å². The van der Waals surface area contributed by atoms with Crippen molar-refractivity contribution in [2.75, 3.05) is 19.0 Å². The summed E-state index contributed by atoms with van der Waals surface area (Å²) in [5, 5.41) is 17.2. The molecule has 1 atom stereocenters. The maximum Gasteiger partial charge on any atom is 0.313 e. The van der Waals surface area contributed by atoms with Gasteiger partial charge in [-0.15, -0.1) is 10.2 Å². The lowest BCUT2D eigenvalue weighted by molar-refractivity contribution is -0.133. The minimum absolute atomic E-state index is 0.0131. The quantitative estimate of drug-likeness (QED) is 0.817. The third kappa shape index (κ3) is 3.23. The van der Waals surface area contributed by atoms with Gasteiger partial charge in [0, 0.05) is 19.3 Å². The summed E-state index contributed by atoms with van der Waals surface area (Å²) in [5.41, 5.74) is 0. The van der Waals surface area contributed by atoms with Crippen LogP contribution in [0, 0.1) is 5.92 Å². The lowest BCUT2D eigenvalue weighted by atomic mass is 9.93. The number of carbonyl (C=O) groups is 1. The monoisotopic (exact) mass is 271 g/mol. The Balaban J connectivity index is 2.02. The first-order valence-corrected chi connectivity index (χ1v) is 6.99. The third-order valence-corrected chi connectivity index (χ3v) is 4.19. The summed E-state index contributed by atoms with van der Waals surface area (Å²) in [6.07, 6.45) is 3.75. The highest BCUT2D eigenvalue weighted by Gasteiger charge is 2.24. The Morgan fingerprint density at radius 2 is 2.39 bits per heavy atom. The molecule has 1 saturated heterocycles. The Labute approximate surface area is 110 Å². The van der Waals surface area contributed by atoms with E-state index in [-0.39, 0.29) is 11.8 Å². The van der Waals surface area contributed by atoms with Crippen LogP contribution >= 0.6 is 11.8 Å². The van der Waals surface area contributed by atoms with E-state index in [1.807, 2.05) is 4.57 Å². The standard InChI is InChI=1S/C11H17N3O3S/c1-8(9-2-4-17-5-3-9)14-7-12-13-11(14)18-6-10(15)16/h7-9H,2-6H2,1H3,(H,15,16). The molecule has 7 heteroatoms. The fourth-order valence-corrected chi connectivity index (χ4v) is 2.89. The van der Waals surface area contributed by atoms with Gasteiger partial charge in [-0.1, -0.05) is 11.8 Å². The molecule has 0 aliphatic carbocycles. The van der Waals surface area contributed by atoms with Crippen LogP contribution in [0.15, 0.2) is 11.5 Å². The smallest absolute Gasteiger partial charge is 0.313 e. The number of carboxylic acid groups (broad SMARTS) is 1. The number of hydrogen-bond acceptors (Lipinski definition) is 5. The SMILES string of the molecule is CC(C1CCOCC1)n1cnnc1SCC(=O)O. The van der Waals surface area contributed by atoms with E-state index in [4.69, 9.17) is 9.84 Å². The van der Waals surface area contributed by atoms with Gasteiger partial charge in [0.05, 0.1) is 5.75 Å². The highest BCUT2D eigenvalue weighted by molar-refractivity contribution is 7.99. The van der Waals surface area contributed by atoms with Crippen molar-refractivity contribution in [2.24, 2.45) is 5.92 Å². The Kier molecular flexibility index (Phi) is 4.60. The first-order valence-electron chi connectivity index (χ1n) is 6.00. The van der Waals surface area contributed by atoms with Gasteiger partial charge in [0.15, 0.2) is 5.16 Å². The largest absolute Gasteiger partial charge is 0.481 e. The molecule has 0 aromatic carbocycles. The Hall–Kier alpha value is -1.08. The van der Waals surface area contributed by atoms with Gasteiger partial charge in [-0.05, 0) is 25.7 Å². The van der Waals surface area contributed by atoms with Crippen LogP contribution in [0.25, 0.3) is 0 Å². The molecule has 0 saturated carbocycles. The maximum atomic E-state index is 10.6. The number of thioether (sulfide) groups is 1. The number of hydrogen-bond donors (Lipinski definition) is 1. The van der Waals surface area contributed by atoms with Crippen LogP contribution in [0.4, 0.5) is 0 Å². The molecule has 1 aromatic rings. The molecule has 2 rings (SSSR count). The normalized spacial score (nSPS) is 18.7. The molecule has 2 heterocycles. The molecular formula is C11H17N3O3S. The highest BCUT2D eigenvalue weighted by atomic mass is 32.2. The molecule has 1 N–H and O–H groups in total. The van der Waals surface area contributed by atoms with Crippen molar-refractivity contribution in [3.8, 4) is 0 Å². The molecular weight excluding hydrogens is 254 g/mol. The fourth-order valence-electron chi connectivity index (χ4n) is 2.17. The minimum Gasteiger partial charge on any atom is -0.481 e. The van der Waals surface area contributed by atoms with Gasteiger partial charge in [0.2, 0.25) is 0 Å². The van der Waals surface area contributed by atoms with E-state index >= 15 is 0 Å². The van der Waals surface area contributed by atoms with E-state index in [0.29, 0.717) is 11.1 Å². The Morgan fingerprint density at radius 1 is 1.67 bits per heavy atom. The van der Waals surface area contributed by atoms with Gasteiger partial charge in [0.25, 0.3) is 0 Å². The molecule has 6 nitrogen and oxygen atoms in total. The predicted octanol–water partition coefficient (Wildman–Crippen LogP) is 1.44. The molecule has 18 heavy (non-hydrogen) atoms. The average Bonchev–Trinajstić information content (AvgIpc) is 2.85. The number of ether oxygens (including phenoxy) is 1. The van der Waals surface area contributed by atoms with Crippen molar-refractivity contribution in [1.82, 2.24) is 14.8 Å². The predicted molar refractivity (Wildman–Crippen MR) is 66.6 cm³/mol. The zero-order chi connectivity index (χ0) is 13.0. The zero-order valence-electron chi connectivity index (χ0n) is 10.3. The van der Waals surface area contributed by atoms with Crippen LogP contribution in [0.1, 0.15) is 25.8 Å². The molecule has 0 amide bonds. The summed E-state index contributed by atoms with van der Waals surface area (Å²) in [5.74, 6) is -0.286. The molecule has 0 radical (unpaired) electrons. The topological polar surface area (TPSA) is 77.2 Å². The lowest BCUT2D eigenvalue weighted by Gasteiger charge is -2.28. The number of aliphatic carboxylic acids is 1. The second-order valence-corrected chi connectivity index (χ2v) is 5.34. The highest BCUT2D eigenvalue weighted by Crippen LogP contribution is 2.30. The molecule has 100 valence electrons. The van der Waals surface area contributed by atoms with E-state index in [0.717, 1.165) is 26.1 Å². The minimum atomic E-state index is -0.840. The zero-order valence-corrected chi connectivity index (χ0v) is 11.1. The number of carboxylic acids is 1. The summed E-state index contributed by atoms with van der Waals surface area (Å²) >= 11 is 1.21. The third-order valence-electron chi connectivity index (χ3n) is 3.25. The molecule has 1 aliphatic rings. The molecule has 0 bridgehead atoms. The van der Waals surface area contributed by atoms with Gasteiger partial charge in [-0.2, -0.15) is 0 Å². The van der Waals surface area contributed by atoms with E-state index in [1.54, 1.807) is 6.33 Å². The fraction of sp³-hybridized carbons (Fsp3) is 0.727. The van der Waals surface area contributed by atoms with Crippen LogP contribution in [0.5, 0.6) is 0 Å². The molecule has 1 aliphatic heterocycles. The lowest BCUT2D eigenvalue weighted by Crippen LogP contribution is -2.24. The summed E-state index contributed by atoms with van der Waals surface area (Å²) in [6.45, 7) is 3.73. The summed E-state index contributed by atoms with van der Waals surface area (Å²) in [7, 11) is 0. The summed E-state index contributed by atoms with van der Waals surface area (Å²) < 4.78 is 7.33. The summed E-state index contributed by atoms with van der Waals surface area (Å²) in [4.78, 5) is 10.6. The van der Waals surface area contributed by atoms with Crippen molar-refractivity contribution in [1.29, 1.82) is 0 Å². The van der Waals surface area contributed by atoms with Gasteiger partial charge in [-0.3, -0.25) is 4.79 Å². The van der Waals surface area contributed by atoms with E-state index in [1.165, 1.54) is 11.8 Å². The van der Waals surface area contributed by atoms with Crippen molar-refractivity contribution in [3.05, 3.63) is 6.33 Å². The Morgan fingerprint density at radius 3 is 3.06 bits per heavy atom. The van der Waals surface area contributed by atoms with Crippen molar-refractivity contribution in [3.63, 3.8) is 0 Å². The van der Waals surface area contributed by atoms with Gasteiger partial charge >= 0.3 is 5.97 Å². The van der Waals surface area contributed by atoms with E-state index < -0.39 is 5.97 Å². The van der Waals surface area contributed by atoms with Crippen molar-refractivity contribution in [2.45, 2.75) is 31.0 Å². The Bertz CT molecular complexity index is 404. The number of nitrogens with zero attached hydrogens (tertiary/aromatic N) is 3. The van der Waals surface area contributed by atoms with Crippen LogP contribution in [-0.2, 0) is 9.53 Å². The first-order chi connectivity index (χ1) is 8.68. The average molecular weight is 271 g/mol. The first kappa shape index (κ1) is 13.4. The molecule has 1 fully saturated rings. The van der Waals surface area contributed by atoms with E-state index in [2.05, 4.69) is 17.1 Å². The number of aromatic nitrogens is 3. The molecule has 1 unspecified atom stereocenters. The van der Waals surface area contributed by atoms with E-state index in [9.17, 15) is 4.79 Å². The van der Waals surface area contributed by atoms with Crippen LogP contribution in [0.2, 0.25) is 0 Å². The van der Waals surface area contributed by atoms with Crippen LogP contribution < -0.4 is 0 Å². The maximum absolute atomic E-state index is 10.6. The number of rotatable bonds is 5.